The summed E-state index contributed by atoms with van der Waals surface area (Å²) in [6.45, 7) is 10.4. The highest BCUT2D eigenvalue weighted by molar-refractivity contribution is 6.25. The minimum absolute atomic E-state index is 0.0377. The Labute approximate surface area is 191 Å². The standard InChI is InChI=1S/C23H27N5O5/c1-15(2)33-23(31)20(9-8-17(29)14-27-24)28-22(30)21(32-11-10-25-3)12-16-13-26-19-7-5-4-6-18(16)19/h4-7,13-15,20-21,26H,8-12H2,1-2H3,(H,28,30)/t20-,21-/m0/s1. The van der Waals surface area contributed by atoms with Crippen molar-refractivity contribution >= 4 is 34.8 Å². The molecule has 0 radical (unpaired) electrons. The summed E-state index contributed by atoms with van der Waals surface area (Å²) in [5.41, 5.74) is 10.3. The van der Waals surface area contributed by atoms with E-state index in [-0.39, 0.29) is 32.4 Å². The van der Waals surface area contributed by atoms with Crippen LogP contribution in [0.4, 0.5) is 0 Å². The number of nitrogens with zero attached hydrogens (tertiary/aromatic N) is 3. The van der Waals surface area contributed by atoms with E-state index in [1.165, 1.54) is 0 Å². The summed E-state index contributed by atoms with van der Waals surface area (Å²) in [4.78, 5) is 46.4. The van der Waals surface area contributed by atoms with E-state index in [0.717, 1.165) is 22.7 Å². The number of Topliss-reactive ketones (excluding diaryl/α,β-unsaturated/α-hetero) is 1. The first-order valence-electron chi connectivity index (χ1n) is 10.6. The zero-order valence-corrected chi connectivity index (χ0v) is 18.6. The van der Waals surface area contributed by atoms with Gasteiger partial charge in [0.15, 0.2) is 0 Å². The molecule has 0 aliphatic heterocycles. The second-order valence-corrected chi connectivity index (χ2v) is 7.60. The Morgan fingerprint density at radius 2 is 2.03 bits per heavy atom. The fourth-order valence-electron chi connectivity index (χ4n) is 3.21. The second-order valence-electron chi connectivity index (χ2n) is 7.60. The minimum atomic E-state index is -1.09. The highest BCUT2D eigenvalue weighted by Crippen LogP contribution is 2.20. The summed E-state index contributed by atoms with van der Waals surface area (Å²) < 4.78 is 10.9. The first kappa shape index (κ1) is 25.5. The molecule has 2 rings (SSSR count). The number of aromatic amines is 1. The Bertz CT molecular complexity index is 1060. The molecule has 0 unspecified atom stereocenters. The van der Waals surface area contributed by atoms with Crippen LogP contribution in [-0.4, -0.2) is 65.0 Å². The third-order valence-corrected chi connectivity index (χ3v) is 4.73. The van der Waals surface area contributed by atoms with Crippen molar-refractivity contribution in [1.82, 2.24) is 10.3 Å². The van der Waals surface area contributed by atoms with Crippen LogP contribution in [0.1, 0.15) is 32.3 Å². The number of carbonyl (C=O) groups is 3. The number of amides is 1. The van der Waals surface area contributed by atoms with Gasteiger partial charge in [0, 0.05) is 29.9 Å². The van der Waals surface area contributed by atoms with E-state index in [1.54, 1.807) is 20.0 Å². The number of fused-ring (bicyclic) bond motifs is 1. The molecule has 0 saturated carbocycles. The number of H-pyrrole nitrogens is 1. The fraction of sp³-hybridized carbons (Fsp3) is 0.435. The lowest BCUT2D eigenvalue weighted by atomic mass is 10.0. The molecular formula is C23H27N5O5. The predicted molar refractivity (Wildman–Crippen MR) is 120 cm³/mol. The number of rotatable bonds is 13. The number of hydrogen-bond donors (Lipinski definition) is 2. The number of esters is 1. The number of ketones is 1. The minimum Gasteiger partial charge on any atom is -0.461 e. The lowest BCUT2D eigenvalue weighted by Gasteiger charge is -2.22. The molecule has 10 heteroatoms. The number of aromatic nitrogens is 1. The van der Waals surface area contributed by atoms with Gasteiger partial charge in [-0.25, -0.2) is 11.4 Å². The zero-order chi connectivity index (χ0) is 24.2. The van der Waals surface area contributed by atoms with Crippen LogP contribution >= 0.6 is 0 Å². The monoisotopic (exact) mass is 453 g/mol. The number of carbonyl (C=O) groups excluding carboxylic acids is 3. The smallest absolute Gasteiger partial charge is 0.328 e. The van der Waals surface area contributed by atoms with Gasteiger partial charge in [0.25, 0.3) is 0 Å². The van der Waals surface area contributed by atoms with Crippen molar-refractivity contribution < 1.29 is 28.6 Å². The Morgan fingerprint density at radius 3 is 2.73 bits per heavy atom. The summed E-state index contributed by atoms with van der Waals surface area (Å²) in [6, 6.07) is 6.53. The van der Waals surface area contributed by atoms with Crippen molar-refractivity contribution in [2.24, 2.45) is 0 Å². The molecule has 1 amide bonds. The van der Waals surface area contributed by atoms with Gasteiger partial charge in [-0.3, -0.25) is 9.59 Å². The predicted octanol–water partition coefficient (Wildman–Crippen LogP) is 2.10. The number of nitrogens with one attached hydrogen (secondary N) is 2. The second kappa shape index (κ2) is 12.9. The van der Waals surface area contributed by atoms with Crippen LogP contribution in [0.5, 0.6) is 0 Å². The maximum atomic E-state index is 13.1. The molecule has 33 heavy (non-hydrogen) atoms. The van der Waals surface area contributed by atoms with Crippen LogP contribution in [0.25, 0.3) is 21.3 Å². The molecule has 1 aromatic carbocycles. The van der Waals surface area contributed by atoms with E-state index in [0.29, 0.717) is 0 Å². The Morgan fingerprint density at radius 1 is 1.27 bits per heavy atom. The van der Waals surface area contributed by atoms with Crippen LogP contribution in [0.15, 0.2) is 30.5 Å². The molecule has 2 atom stereocenters. The molecular weight excluding hydrogens is 426 g/mol. The van der Waals surface area contributed by atoms with Gasteiger partial charge in [0.2, 0.25) is 18.2 Å². The summed E-state index contributed by atoms with van der Waals surface area (Å²) >= 11 is 0. The van der Waals surface area contributed by atoms with Crippen molar-refractivity contribution in [2.75, 3.05) is 13.2 Å². The highest BCUT2D eigenvalue weighted by Gasteiger charge is 2.29. The maximum absolute atomic E-state index is 13.1. The molecule has 1 aromatic heterocycles. The summed E-state index contributed by atoms with van der Waals surface area (Å²) in [5.74, 6) is -1.74. The molecule has 2 aromatic rings. The normalized spacial score (nSPS) is 12.4. The van der Waals surface area contributed by atoms with E-state index < -0.39 is 35.9 Å². The van der Waals surface area contributed by atoms with Crippen molar-refractivity contribution in [3.63, 3.8) is 0 Å². The third kappa shape index (κ3) is 8.00. The van der Waals surface area contributed by atoms with Gasteiger partial charge in [0.1, 0.15) is 18.8 Å². The van der Waals surface area contributed by atoms with Gasteiger partial charge < -0.3 is 30.2 Å². The van der Waals surface area contributed by atoms with Crippen molar-refractivity contribution in [2.45, 2.75) is 51.4 Å². The SMILES string of the molecule is [C-]#[N+]CCO[C@@H](Cc1c[nH]c2ccccc12)C(=O)N[C@@H](CCC(=O)C=[N+]=[N-])C(=O)OC(C)C. The molecule has 2 N–H and O–H groups in total. The number of para-hydroxylation sites is 1. The van der Waals surface area contributed by atoms with Gasteiger partial charge in [-0.15, -0.1) is 0 Å². The molecule has 0 aliphatic carbocycles. The van der Waals surface area contributed by atoms with E-state index in [4.69, 9.17) is 21.6 Å². The Kier molecular flexibility index (Phi) is 9.96. The largest absolute Gasteiger partial charge is 0.461 e. The van der Waals surface area contributed by atoms with Crippen LogP contribution in [-0.2, 0) is 30.3 Å². The molecule has 0 fully saturated rings. The van der Waals surface area contributed by atoms with Gasteiger partial charge in [-0.05, 0) is 31.9 Å². The Hall–Kier alpha value is -3.80. The van der Waals surface area contributed by atoms with Crippen LogP contribution in [0, 0.1) is 6.57 Å². The highest BCUT2D eigenvalue weighted by atomic mass is 16.5. The average molecular weight is 453 g/mol. The van der Waals surface area contributed by atoms with Crippen molar-refractivity contribution in [1.29, 1.82) is 0 Å². The number of benzene rings is 1. The number of ether oxygens (including phenoxy) is 2. The molecule has 0 saturated heterocycles. The molecule has 174 valence electrons. The zero-order valence-electron chi connectivity index (χ0n) is 18.6. The van der Waals surface area contributed by atoms with Gasteiger partial charge in [-0.1, -0.05) is 18.2 Å². The molecule has 0 spiro atoms. The first-order valence-corrected chi connectivity index (χ1v) is 10.6. The van der Waals surface area contributed by atoms with Gasteiger partial charge in [-0.2, -0.15) is 4.79 Å². The van der Waals surface area contributed by atoms with Gasteiger partial charge >= 0.3 is 12.2 Å². The van der Waals surface area contributed by atoms with E-state index >= 15 is 0 Å². The first-order chi connectivity index (χ1) is 15.8. The van der Waals surface area contributed by atoms with Crippen molar-refractivity contribution in [3.05, 3.63) is 53.0 Å². The molecule has 1 heterocycles. The molecule has 10 nitrogen and oxygen atoms in total. The Balaban J connectivity index is 2.19. The number of hydrogen-bond acceptors (Lipinski definition) is 5. The van der Waals surface area contributed by atoms with E-state index in [1.807, 2.05) is 24.3 Å². The lowest BCUT2D eigenvalue weighted by Crippen LogP contribution is -2.48. The lowest BCUT2D eigenvalue weighted by molar-refractivity contribution is -0.153. The maximum Gasteiger partial charge on any atom is 0.328 e. The third-order valence-electron chi connectivity index (χ3n) is 4.73. The van der Waals surface area contributed by atoms with E-state index in [9.17, 15) is 14.4 Å². The quantitative estimate of drug-likeness (QED) is 0.119. The summed E-state index contributed by atoms with van der Waals surface area (Å²) in [6.07, 6.45) is 1.20. The van der Waals surface area contributed by atoms with E-state index in [2.05, 4.69) is 19.9 Å². The van der Waals surface area contributed by atoms with Crippen LogP contribution in [0.2, 0.25) is 0 Å². The summed E-state index contributed by atoms with van der Waals surface area (Å²) in [5, 5.41) is 3.56. The summed E-state index contributed by atoms with van der Waals surface area (Å²) in [7, 11) is 0. The molecule has 0 bridgehead atoms. The van der Waals surface area contributed by atoms with Gasteiger partial charge in [0.05, 0.1) is 6.10 Å². The average Bonchev–Trinajstić information content (AvgIpc) is 3.18. The molecule has 0 aliphatic rings. The van der Waals surface area contributed by atoms with Crippen LogP contribution < -0.4 is 5.32 Å². The van der Waals surface area contributed by atoms with Crippen LogP contribution in [0.3, 0.4) is 0 Å². The van der Waals surface area contributed by atoms with Crippen molar-refractivity contribution in [3.8, 4) is 0 Å². The topological polar surface area (TPSA) is 138 Å². The fourth-order valence-corrected chi connectivity index (χ4v) is 3.21.